The van der Waals surface area contributed by atoms with E-state index in [-0.39, 0.29) is 5.75 Å². The lowest BCUT2D eigenvalue weighted by Gasteiger charge is -2.46. The average molecular weight is 429 g/mol. The number of aliphatic hydroxyl groups excluding tert-OH is 8. The van der Waals surface area contributed by atoms with Gasteiger partial charge in [0, 0.05) is 11.7 Å². The van der Waals surface area contributed by atoms with E-state index in [2.05, 4.69) is 5.32 Å². The molecule has 0 radical (unpaired) electrons. The SMILES string of the molecule is O=C(O)[C@@H]1CS[C@@H]([C@H](O)[C@H](O)[C@H]([C@H]2O[C@H](CO)[C@@H](O)[C@H](O)[C@H]2O)[C@@H](O)CO)N1. The lowest BCUT2D eigenvalue weighted by Crippen LogP contribution is -2.64. The van der Waals surface area contributed by atoms with Crippen molar-refractivity contribution in [3.63, 3.8) is 0 Å². The second-order valence-corrected chi connectivity index (χ2v) is 8.09. The first-order valence-electron chi connectivity index (χ1n) is 8.70. The van der Waals surface area contributed by atoms with E-state index in [9.17, 15) is 45.6 Å². The van der Waals surface area contributed by atoms with E-state index in [0.717, 1.165) is 11.8 Å². The molecule has 11 atom stereocenters. The van der Waals surface area contributed by atoms with E-state index in [1.807, 2.05) is 0 Å². The molecule has 2 rings (SSSR count). The van der Waals surface area contributed by atoms with E-state index in [1.165, 1.54) is 0 Å². The topological polar surface area (TPSA) is 220 Å². The number of aliphatic carboxylic acids is 1. The van der Waals surface area contributed by atoms with Gasteiger partial charge in [-0.05, 0) is 0 Å². The molecule has 0 aromatic heterocycles. The van der Waals surface area contributed by atoms with Crippen LogP contribution in [0, 0.1) is 5.92 Å². The Kier molecular flexibility index (Phi) is 8.42. The summed E-state index contributed by atoms with van der Waals surface area (Å²) in [6.45, 7) is -1.62. The maximum atomic E-state index is 11.0. The molecule has 28 heavy (non-hydrogen) atoms. The van der Waals surface area contributed by atoms with E-state index in [4.69, 9.17) is 9.84 Å². The van der Waals surface area contributed by atoms with Gasteiger partial charge in [0.2, 0.25) is 0 Å². The predicted octanol–water partition coefficient (Wildman–Crippen LogP) is -5.36. The van der Waals surface area contributed by atoms with Crippen LogP contribution in [0.5, 0.6) is 0 Å². The second kappa shape index (κ2) is 9.95. The Balaban J connectivity index is 2.21. The van der Waals surface area contributed by atoms with Gasteiger partial charge in [0.1, 0.15) is 36.6 Å². The number of hydrogen-bond donors (Lipinski definition) is 10. The van der Waals surface area contributed by atoms with Crippen LogP contribution in [-0.2, 0) is 9.53 Å². The smallest absolute Gasteiger partial charge is 0.321 e. The average Bonchev–Trinajstić information content (AvgIpc) is 3.17. The highest BCUT2D eigenvalue weighted by atomic mass is 32.2. The molecule has 2 fully saturated rings. The summed E-state index contributed by atoms with van der Waals surface area (Å²) >= 11 is 1.03. The summed E-state index contributed by atoms with van der Waals surface area (Å²) in [5.74, 6) is -2.55. The molecule has 12 nitrogen and oxygen atoms in total. The molecule has 2 saturated heterocycles. The molecular formula is C15H27NO11S. The highest BCUT2D eigenvalue weighted by molar-refractivity contribution is 8.00. The Hall–Kier alpha value is -0.580. The van der Waals surface area contributed by atoms with Crippen LogP contribution in [0.25, 0.3) is 0 Å². The van der Waals surface area contributed by atoms with Crippen molar-refractivity contribution in [2.24, 2.45) is 5.92 Å². The zero-order valence-electron chi connectivity index (χ0n) is 14.7. The summed E-state index contributed by atoms with van der Waals surface area (Å²) in [6, 6.07) is -0.953. The second-order valence-electron chi connectivity index (χ2n) is 6.91. The van der Waals surface area contributed by atoms with Gasteiger partial charge in [0.15, 0.2) is 0 Å². The summed E-state index contributed by atoms with van der Waals surface area (Å²) < 4.78 is 5.34. The van der Waals surface area contributed by atoms with Crippen LogP contribution in [0.1, 0.15) is 0 Å². The number of hydrogen-bond acceptors (Lipinski definition) is 12. The maximum absolute atomic E-state index is 11.0. The minimum absolute atomic E-state index is 0.122. The lowest BCUT2D eigenvalue weighted by molar-refractivity contribution is -0.261. The zero-order valence-corrected chi connectivity index (χ0v) is 15.5. The minimum atomic E-state index is -1.82. The van der Waals surface area contributed by atoms with Gasteiger partial charge in [-0.1, -0.05) is 0 Å². The summed E-state index contributed by atoms with van der Waals surface area (Å²) in [7, 11) is 0. The quantitative estimate of drug-likeness (QED) is 0.174. The van der Waals surface area contributed by atoms with Crippen LogP contribution >= 0.6 is 11.8 Å². The van der Waals surface area contributed by atoms with Crippen LogP contribution in [0.4, 0.5) is 0 Å². The molecule has 0 aromatic rings. The van der Waals surface area contributed by atoms with E-state index >= 15 is 0 Å². The largest absolute Gasteiger partial charge is 0.480 e. The third-order valence-electron chi connectivity index (χ3n) is 5.10. The van der Waals surface area contributed by atoms with Gasteiger partial charge >= 0.3 is 5.97 Å². The first-order chi connectivity index (χ1) is 13.1. The van der Waals surface area contributed by atoms with Crippen molar-refractivity contribution < 1.29 is 55.5 Å². The molecule has 2 aliphatic rings. The van der Waals surface area contributed by atoms with Crippen LogP contribution in [-0.4, -0.2) is 131 Å². The number of carboxylic acids is 1. The molecule has 13 heteroatoms. The summed E-state index contributed by atoms with van der Waals surface area (Å²) in [4.78, 5) is 11.0. The normalized spacial score (nSPS) is 40.6. The molecule has 0 spiro atoms. The Morgan fingerprint density at radius 2 is 1.75 bits per heavy atom. The number of nitrogens with one attached hydrogen (secondary N) is 1. The third kappa shape index (κ3) is 4.76. The van der Waals surface area contributed by atoms with Crippen molar-refractivity contribution in [1.29, 1.82) is 0 Å². The van der Waals surface area contributed by atoms with Crippen LogP contribution in [0.2, 0.25) is 0 Å². The van der Waals surface area contributed by atoms with Gasteiger partial charge in [-0.15, -0.1) is 11.8 Å². The number of thioether (sulfide) groups is 1. The fourth-order valence-corrected chi connectivity index (χ4v) is 4.71. The molecule has 164 valence electrons. The third-order valence-corrected chi connectivity index (χ3v) is 6.40. The summed E-state index contributed by atoms with van der Waals surface area (Å²) in [6.07, 6.45) is -13.2. The molecule has 0 amide bonds. The van der Waals surface area contributed by atoms with Gasteiger partial charge in [-0.3, -0.25) is 10.1 Å². The number of carbonyl (C=O) groups is 1. The van der Waals surface area contributed by atoms with E-state index < -0.39 is 85.3 Å². The summed E-state index contributed by atoms with van der Waals surface area (Å²) in [5.41, 5.74) is 0. The lowest BCUT2D eigenvalue weighted by atomic mass is 9.80. The molecule has 2 aliphatic heterocycles. The number of ether oxygens (including phenoxy) is 1. The Morgan fingerprint density at radius 1 is 1.11 bits per heavy atom. The van der Waals surface area contributed by atoms with Gasteiger partial charge in [0.05, 0.1) is 36.9 Å². The van der Waals surface area contributed by atoms with Crippen molar-refractivity contribution in [1.82, 2.24) is 5.32 Å². The highest BCUT2D eigenvalue weighted by Crippen LogP contribution is 2.33. The molecule has 0 saturated carbocycles. The monoisotopic (exact) mass is 429 g/mol. The number of aliphatic hydroxyl groups is 8. The molecule has 0 bridgehead atoms. The first-order valence-corrected chi connectivity index (χ1v) is 9.74. The molecular weight excluding hydrogens is 402 g/mol. The Bertz CT molecular complexity index is 526. The molecule has 0 aliphatic carbocycles. The maximum Gasteiger partial charge on any atom is 0.321 e. The number of rotatable bonds is 8. The highest BCUT2D eigenvalue weighted by Gasteiger charge is 2.52. The van der Waals surface area contributed by atoms with Gasteiger partial charge in [-0.25, -0.2) is 0 Å². The van der Waals surface area contributed by atoms with Gasteiger partial charge in [-0.2, -0.15) is 0 Å². The van der Waals surface area contributed by atoms with Gasteiger partial charge in [0.25, 0.3) is 0 Å². The van der Waals surface area contributed by atoms with Crippen LogP contribution in [0.3, 0.4) is 0 Å². The predicted molar refractivity (Wildman–Crippen MR) is 93.2 cm³/mol. The number of carboxylic acid groups (broad SMARTS) is 1. The van der Waals surface area contributed by atoms with E-state index in [0.29, 0.717) is 0 Å². The molecule has 0 aromatic carbocycles. The fourth-order valence-electron chi connectivity index (χ4n) is 3.45. The fraction of sp³-hybridized carbons (Fsp3) is 0.933. The standard InChI is InChI=1S/C15H27NO11S/c17-1-5(19)7(13-11(23)10(22)8(20)6(2-18)27-13)9(21)12(24)14-16-4(3-28-14)15(25)26/h4-14,16-24H,1-3H2,(H,25,26)/t4-,5-,6+,7+,8+,9+,10-,11+,12+,13+,14-/m0/s1. The van der Waals surface area contributed by atoms with Crippen LogP contribution < -0.4 is 5.32 Å². The van der Waals surface area contributed by atoms with Crippen molar-refractivity contribution in [2.45, 2.75) is 60.2 Å². The van der Waals surface area contributed by atoms with Crippen molar-refractivity contribution in [2.75, 3.05) is 19.0 Å². The Morgan fingerprint density at radius 3 is 2.25 bits per heavy atom. The minimum Gasteiger partial charge on any atom is -0.480 e. The molecule has 0 unspecified atom stereocenters. The Labute approximate surface area is 164 Å². The van der Waals surface area contributed by atoms with Gasteiger partial charge < -0.3 is 50.7 Å². The summed E-state index contributed by atoms with van der Waals surface area (Å²) in [5, 5.41) is 90.6. The molecule has 10 N–H and O–H groups in total. The van der Waals surface area contributed by atoms with Crippen molar-refractivity contribution >= 4 is 17.7 Å². The van der Waals surface area contributed by atoms with E-state index in [1.54, 1.807) is 0 Å². The van der Waals surface area contributed by atoms with Crippen LogP contribution in [0.15, 0.2) is 0 Å². The molecule has 2 heterocycles. The van der Waals surface area contributed by atoms with Crippen molar-refractivity contribution in [3.05, 3.63) is 0 Å². The van der Waals surface area contributed by atoms with Crippen molar-refractivity contribution in [3.8, 4) is 0 Å². The first kappa shape index (κ1) is 23.7. The zero-order chi connectivity index (χ0) is 21.2.